The molecule has 0 aliphatic carbocycles. The van der Waals surface area contributed by atoms with Crippen LogP contribution < -0.4 is 20.1 Å². The van der Waals surface area contributed by atoms with Gasteiger partial charge in [0.25, 0.3) is 5.88 Å². The van der Waals surface area contributed by atoms with Crippen molar-refractivity contribution in [1.29, 1.82) is 0 Å². The number of H-pyrrole nitrogens is 1. The number of aromatic nitrogens is 5. The van der Waals surface area contributed by atoms with Crippen molar-refractivity contribution in [3.05, 3.63) is 42.9 Å². The molecule has 0 saturated carbocycles. The number of anilines is 1. The van der Waals surface area contributed by atoms with E-state index in [1.54, 1.807) is 31.8 Å². The number of ether oxygens (including phenoxy) is 2. The molecule has 0 unspecified atom stereocenters. The Kier molecular flexibility index (Phi) is 5.61. The first-order valence-corrected chi connectivity index (χ1v) is 9.57. The van der Waals surface area contributed by atoms with E-state index in [-0.39, 0.29) is 6.03 Å². The predicted octanol–water partition coefficient (Wildman–Crippen LogP) is 3.24. The van der Waals surface area contributed by atoms with Gasteiger partial charge in [0.2, 0.25) is 5.95 Å². The molecular formula is C21H21N7O3. The molecule has 0 atom stereocenters. The average molecular weight is 419 g/mol. The molecule has 31 heavy (non-hydrogen) atoms. The van der Waals surface area contributed by atoms with Gasteiger partial charge in [-0.1, -0.05) is 0 Å². The number of pyridine rings is 1. The first-order valence-electron chi connectivity index (χ1n) is 9.57. The lowest BCUT2D eigenvalue weighted by molar-refractivity contribution is 0.252. The second kappa shape index (κ2) is 8.66. The van der Waals surface area contributed by atoms with Crippen molar-refractivity contribution in [2.45, 2.75) is 6.92 Å². The minimum atomic E-state index is -0.344. The zero-order valence-electron chi connectivity index (χ0n) is 17.3. The maximum absolute atomic E-state index is 11.9. The molecule has 10 nitrogen and oxygen atoms in total. The largest absolute Gasteiger partial charge is 0.491 e. The molecule has 0 bridgehead atoms. The van der Waals surface area contributed by atoms with Gasteiger partial charge in [0.05, 0.1) is 19.7 Å². The number of carbonyl (C=O) groups excluding carboxylic acids is 1. The van der Waals surface area contributed by atoms with Crippen molar-refractivity contribution in [2.24, 2.45) is 0 Å². The van der Waals surface area contributed by atoms with Crippen LogP contribution in [-0.2, 0) is 0 Å². The van der Waals surface area contributed by atoms with Crippen LogP contribution >= 0.6 is 0 Å². The summed E-state index contributed by atoms with van der Waals surface area (Å²) in [4.78, 5) is 32.7. The number of fused-ring (bicyclic) bond motifs is 1. The van der Waals surface area contributed by atoms with Gasteiger partial charge in [-0.2, -0.15) is 0 Å². The molecule has 0 radical (unpaired) electrons. The summed E-state index contributed by atoms with van der Waals surface area (Å²) in [5, 5.41) is 5.37. The van der Waals surface area contributed by atoms with E-state index >= 15 is 0 Å². The number of urea groups is 1. The molecule has 10 heteroatoms. The fraction of sp³-hybridized carbons (Fsp3) is 0.190. The molecule has 0 spiro atoms. The fourth-order valence-corrected chi connectivity index (χ4v) is 3.15. The lowest BCUT2D eigenvalue weighted by Gasteiger charge is -2.10. The SMILES string of the molecule is CCNC(=O)Nc1nc2c(-c3ncccn3)cc(-c3cnc(OC)c(OC)c3)cc2[nH]1. The number of amides is 2. The quantitative estimate of drug-likeness (QED) is 0.438. The summed E-state index contributed by atoms with van der Waals surface area (Å²) >= 11 is 0. The van der Waals surface area contributed by atoms with Gasteiger partial charge in [-0.05, 0) is 36.8 Å². The Labute approximate surface area is 178 Å². The van der Waals surface area contributed by atoms with Gasteiger partial charge in [0, 0.05) is 36.3 Å². The van der Waals surface area contributed by atoms with E-state index < -0.39 is 0 Å². The number of nitrogens with zero attached hydrogens (tertiary/aromatic N) is 4. The molecule has 2 amide bonds. The van der Waals surface area contributed by atoms with Crippen LogP contribution in [0, 0.1) is 0 Å². The molecule has 4 rings (SSSR count). The van der Waals surface area contributed by atoms with Gasteiger partial charge >= 0.3 is 6.03 Å². The van der Waals surface area contributed by atoms with Crippen molar-refractivity contribution in [3.63, 3.8) is 0 Å². The molecule has 0 aliphatic rings. The average Bonchev–Trinajstić information content (AvgIpc) is 3.20. The van der Waals surface area contributed by atoms with Crippen molar-refractivity contribution >= 4 is 23.0 Å². The summed E-state index contributed by atoms with van der Waals surface area (Å²) in [7, 11) is 3.10. The summed E-state index contributed by atoms with van der Waals surface area (Å²) in [6.45, 7) is 2.35. The molecule has 1 aromatic carbocycles. The number of aromatic amines is 1. The van der Waals surface area contributed by atoms with Gasteiger partial charge < -0.3 is 19.8 Å². The Hall–Kier alpha value is -4.21. The summed E-state index contributed by atoms with van der Waals surface area (Å²) < 4.78 is 10.6. The minimum Gasteiger partial charge on any atom is -0.491 e. The molecule has 158 valence electrons. The van der Waals surface area contributed by atoms with Crippen molar-refractivity contribution in [3.8, 4) is 34.1 Å². The van der Waals surface area contributed by atoms with Crippen LogP contribution in [0.25, 0.3) is 33.5 Å². The summed E-state index contributed by atoms with van der Waals surface area (Å²) in [5.74, 6) is 1.74. The summed E-state index contributed by atoms with van der Waals surface area (Å²) in [5.41, 5.74) is 3.71. The lowest BCUT2D eigenvalue weighted by atomic mass is 10.0. The summed E-state index contributed by atoms with van der Waals surface area (Å²) in [6.07, 6.45) is 5.03. The third-order valence-electron chi connectivity index (χ3n) is 4.53. The van der Waals surface area contributed by atoms with E-state index in [4.69, 9.17) is 9.47 Å². The monoisotopic (exact) mass is 419 g/mol. The first kappa shape index (κ1) is 20.1. The second-order valence-electron chi connectivity index (χ2n) is 6.50. The molecule has 3 N–H and O–H groups in total. The maximum atomic E-state index is 11.9. The molecular weight excluding hydrogens is 398 g/mol. The molecule has 0 fully saturated rings. The number of imidazole rings is 1. The molecule has 3 aromatic heterocycles. The molecule has 0 saturated heterocycles. The Morgan fingerprint density at radius 2 is 1.87 bits per heavy atom. The minimum absolute atomic E-state index is 0.320. The third kappa shape index (κ3) is 4.08. The van der Waals surface area contributed by atoms with E-state index in [9.17, 15) is 4.79 Å². The van der Waals surface area contributed by atoms with Gasteiger partial charge in [-0.25, -0.2) is 24.7 Å². The van der Waals surface area contributed by atoms with Crippen LogP contribution in [-0.4, -0.2) is 51.7 Å². The normalized spacial score (nSPS) is 10.7. The number of methoxy groups -OCH3 is 2. The third-order valence-corrected chi connectivity index (χ3v) is 4.53. The Balaban J connectivity index is 1.86. The predicted molar refractivity (Wildman–Crippen MR) is 116 cm³/mol. The van der Waals surface area contributed by atoms with Gasteiger partial charge in [-0.15, -0.1) is 0 Å². The van der Waals surface area contributed by atoms with Crippen molar-refractivity contribution in [1.82, 2.24) is 30.2 Å². The molecule has 0 aliphatic heterocycles. The number of nitrogens with one attached hydrogen (secondary N) is 3. The van der Waals surface area contributed by atoms with Crippen molar-refractivity contribution < 1.29 is 14.3 Å². The van der Waals surface area contributed by atoms with Gasteiger partial charge in [-0.3, -0.25) is 5.32 Å². The second-order valence-corrected chi connectivity index (χ2v) is 6.50. The van der Waals surface area contributed by atoms with E-state index in [0.29, 0.717) is 46.5 Å². The summed E-state index contributed by atoms with van der Waals surface area (Å²) in [6, 6.07) is 7.09. The van der Waals surface area contributed by atoms with Crippen LogP contribution in [0.1, 0.15) is 6.92 Å². The number of rotatable bonds is 6. The highest BCUT2D eigenvalue weighted by Crippen LogP contribution is 2.35. The smallest absolute Gasteiger partial charge is 0.321 e. The zero-order valence-corrected chi connectivity index (χ0v) is 17.3. The Morgan fingerprint density at radius 3 is 2.58 bits per heavy atom. The van der Waals surface area contributed by atoms with Gasteiger partial charge in [0.15, 0.2) is 11.6 Å². The van der Waals surface area contributed by atoms with Crippen LogP contribution in [0.15, 0.2) is 42.9 Å². The topological polar surface area (TPSA) is 127 Å². The van der Waals surface area contributed by atoms with Crippen LogP contribution in [0.2, 0.25) is 0 Å². The Morgan fingerprint density at radius 1 is 1.06 bits per heavy atom. The Bertz CT molecular complexity index is 1220. The fourth-order valence-electron chi connectivity index (χ4n) is 3.15. The first-order chi connectivity index (χ1) is 15.1. The maximum Gasteiger partial charge on any atom is 0.321 e. The van der Waals surface area contributed by atoms with E-state index in [1.165, 1.54) is 7.11 Å². The highest BCUT2D eigenvalue weighted by atomic mass is 16.5. The van der Waals surface area contributed by atoms with E-state index in [1.807, 2.05) is 25.1 Å². The highest BCUT2D eigenvalue weighted by Gasteiger charge is 2.16. The lowest BCUT2D eigenvalue weighted by Crippen LogP contribution is -2.28. The van der Waals surface area contributed by atoms with Crippen LogP contribution in [0.3, 0.4) is 0 Å². The number of hydrogen-bond donors (Lipinski definition) is 3. The van der Waals surface area contributed by atoms with Crippen molar-refractivity contribution in [2.75, 3.05) is 26.1 Å². The van der Waals surface area contributed by atoms with Crippen LogP contribution in [0.5, 0.6) is 11.6 Å². The molecule has 4 aromatic rings. The standard InChI is InChI=1S/C21H21N7O3/c1-4-22-21(29)28-20-26-15-9-12(13-10-16(30-2)19(31-3)25-11-13)8-14(17(15)27-20)18-23-6-5-7-24-18/h5-11H,4H2,1-3H3,(H3,22,26,27,28,29). The number of hydrogen-bond acceptors (Lipinski definition) is 7. The number of carbonyl (C=O) groups is 1. The number of benzene rings is 1. The van der Waals surface area contributed by atoms with Gasteiger partial charge in [0.1, 0.15) is 5.52 Å². The van der Waals surface area contributed by atoms with E-state index in [2.05, 4.69) is 35.6 Å². The zero-order chi connectivity index (χ0) is 21.8. The highest BCUT2D eigenvalue weighted by molar-refractivity contribution is 5.97. The van der Waals surface area contributed by atoms with Crippen LogP contribution in [0.4, 0.5) is 10.7 Å². The molecule has 3 heterocycles. The van der Waals surface area contributed by atoms with E-state index in [0.717, 1.165) is 11.1 Å².